The summed E-state index contributed by atoms with van der Waals surface area (Å²) in [5.41, 5.74) is 3.56. The van der Waals surface area contributed by atoms with Crippen molar-refractivity contribution in [2.45, 2.75) is 11.0 Å². The number of benzene rings is 2. The average molecular weight is 417 g/mol. The van der Waals surface area contributed by atoms with Gasteiger partial charge in [-0.1, -0.05) is 42.5 Å². The van der Waals surface area contributed by atoms with E-state index in [2.05, 4.69) is 9.97 Å². The van der Waals surface area contributed by atoms with E-state index in [9.17, 15) is 8.42 Å². The number of ether oxygens (including phenoxy) is 1. The molecule has 0 aliphatic carbocycles. The summed E-state index contributed by atoms with van der Waals surface area (Å²) < 4.78 is 30.0. The van der Waals surface area contributed by atoms with Crippen LogP contribution in [-0.2, 0) is 9.84 Å². The molecule has 0 radical (unpaired) electrons. The zero-order chi connectivity index (χ0) is 21.0. The summed E-state index contributed by atoms with van der Waals surface area (Å²) in [6, 6.07) is 22.2. The van der Waals surface area contributed by atoms with Crippen molar-refractivity contribution in [2.75, 3.05) is 6.26 Å². The number of hydrogen-bond acceptors (Lipinski definition) is 5. The van der Waals surface area contributed by atoms with Gasteiger partial charge in [0.05, 0.1) is 4.90 Å². The molecule has 6 heteroatoms. The zero-order valence-corrected chi connectivity index (χ0v) is 17.2. The molecule has 30 heavy (non-hydrogen) atoms. The van der Waals surface area contributed by atoms with Crippen LogP contribution in [0.15, 0.2) is 102 Å². The monoisotopic (exact) mass is 416 g/mol. The molecule has 0 bridgehead atoms. The van der Waals surface area contributed by atoms with Crippen LogP contribution in [0.1, 0.15) is 17.2 Å². The highest BCUT2D eigenvalue weighted by Crippen LogP contribution is 2.35. The summed E-state index contributed by atoms with van der Waals surface area (Å²) in [6.45, 7) is 0. The fourth-order valence-corrected chi connectivity index (χ4v) is 3.84. The largest absolute Gasteiger partial charge is 0.480 e. The third-order valence-corrected chi connectivity index (χ3v) is 5.83. The van der Waals surface area contributed by atoms with E-state index in [1.807, 2.05) is 48.5 Å². The maximum absolute atomic E-state index is 11.8. The van der Waals surface area contributed by atoms with Crippen molar-refractivity contribution in [3.05, 3.63) is 109 Å². The standard InChI is InChI=1S/C24H20N2O3S/c1-30(27,28)21-12-10-18(11-13-21)22-8-2-3-9-23(22)29-24(19-6-4-14-25-16-19)20-7-5-15-26-17-20/h2-17,24H,1H3. The van der Waals surface area contributed by atoms with Crippen molar-refractivity contribution in [1.29, 1.82) is 0 Å². The first-order chi connectivity index (χ1) is 14.5. The number of pyridine rings is 2. The van der Waals surface area contributed by atoms with Crippen molar-refractivity contribution < 1.29 is 13.2 Å². The Morgan fingerprint density at radius 1 is 0.767 bits per heavy atom. The predicted octanol–water partition coefficient (Wildman–Crippen LogP) is 4.72. The van der Waals surface area contributed by atoms with Gasteiger partial charge in [-0.15, -0.1) is 0 Å². The van der Waals surface area contributed by atoms with Crippen molar-refractivity contribution in [1.82, 2.24) is 9.97 Å². The van der Waals surface area contributed by atoms with Gasteiger partial charge in [-0.2, -0.15) is 0 Å². The first kappa shape index (κ1) is 19.8. The van der Waals surface area contributed by atoms with Crippen LogP contribution >= 0.6 is 0 Å². The summed E-state index contributed by atoms with van der Waals surface area (Å²) in [5, 5.41) is 0. The lowest BCUT2D eigenvalue weighted by Gasteiger charge is -2.21. The number of hydrogen-bond donors (Lipinski definition) is 0. The van der Waals surface area contributed by atoms with E-state index in [-0.39, 0.29) is 11.0 Å². The van der Waals surface area contributed by atoms with Crippen LogP contribution in [0.5, 0.6) is 5.75 Å². The summed E-state index contributed by atoms with van der Waals surface area (Å²) in [5.74, 6) is 0.683. The summed E-state index contributed by atoms with van der Waals surface area (Å²) in [7, 11) is -3.25. The Hall–Kier alpha value is -3.51. The maximum atomic E-state index is 11.8. The van der Waals surface area contributed by atoms with E-state index in [1.165, 1.54) is 6.26 Å². The zero-order valence-electron chi connectivity index (χ0n) is 16.3. The van der Waals surface area contributed by atoms with Crippen LogP contribution in [0.4, 0.5) is 0 Å². The van der Waals surface area contributed by atoms with Gasteiger partial charge in [-0.25, -0.2) is 8.42 Å². The van der Waals surface area contributed by atoms with Crippen LogP contribution in [0.2, 0.25) is 0 Å². The fourth-order valence-electron chi connectivity index (χ4n) is 3.21. The topological polar surface area (TPSA) is 69.2 Å². The molecule has 0 saturated carbocycles. The van der Waals surface area contributed by atoms with Crippen LogP contribution in [-0.4, -0.2) is 24.6 Å². The van der Waals surface area contributed by atoms with Gasteiger partial charge >= 0.3 is 0 Å². The molecule has 0 fully saturated rings. The highest BCUT2D eigenvalue weighted by molar-refractivity contribution is 7.90. The normalized spacial score (nSPS) is 11.4. The van der Waals surface area contributed by atoms with Gasteiger partial charge in [0.1, 0.15) is 5.75 Å². The third kappa shape index (κ3) is 4.39. The summed E-state index contributed by atoms with van der Waals surface area (Å²) in [4.78, 5) is 8.74. The fraction of sp³-hybridized carbons (Fsp3) is 0.0833. The van der Waals surface area contributed by atoms with E-state index in [1.54, 1.807) is 49.1 Å². The van der Waals surface area contributed by atoms with E-state index >= 15 is 0 Å². The first-order valence-electron chi connectivity index (χ1n) is 9.38. The van der Waals surface area contributed by atoms with Crippen molar-refractivity contribution in [3.8, 4) is 16.9 Å². The molecular formula is C24H20N2O3S. The first-order valence-corrected chi connectivity index (χ1v) is 11.3. The Balaban J connectivity index is 1.74. The quantitative estimate of drug-likeness (QED) is 0.455. The Morgan fingerprint density at radius 3 is 1.90 bits per heavy atom. The Morgan fingerprint density at radius 2 is 1.37 bits per heavy atom. The van der Waals surface area contributed by atoms with Gasteiger partial charge in [-0.05, 0) is 35.9 Å². The van der Waals surface area contributed by atoms with Crippen LogP contribution in [0, 0.1) is 0 Å². The molecule has 4 aromatic rings. The minimum absolute atomic E-state index is 0.285. The third-order valence-electron chi connectivity index (χ3n) is 4.70. The molecule has 0 amide bonds. The van der Waals surface area contributed by atoms with Gasteiger partial charge in [-0.3, -0.25) is 9.97 Å². The molecule has 5 nitrogen and oxygen atoms in total. The van der Waals surface area contributed by atoms with E-state index in [0.717, 1.165) is 22.3 Å². The lowest BCUT2D eigenvalue weighted by Crippen LogP contribution is -2.10. The minimum Gasteiger partial charge on any atom is -0.480 e. The van der Waals surface area contributed by atoms with Crippen molar-refractivity contribution in [3.63, 3.8) is 0 Å². The molecule has 0 aliphatic rings. The van der Waals surface area contributed by atoms with Crippen LogP contribution < -0.4 is 4.74 Å². The van der Waals surface area contributed by atoms with E-state index in [4.69, 9.17) is 4.74 Å². The van der Waals surface area contributed by atoms with Gasteiger partial charge < -0.3 is 4.74 Å². The highest BCUT2D eigenvalue weighted by Gasteiger charge is 2.19. The van der Waals surface area contributed by atoms with E-state index < -0.39 is 9.84 Å². The Bertz CT molecular complexity index is 1190. The molecule has 0 spiro atoms. The number of sulfone groups is 1. The molecule has 0 atom stereocenters. The maximum Gasteiger partial charge on any atom is 0.175 e. The van der Waals surface area contributed by atoms with Crippen molar-refractivity contribution >= 4 is 9.84 Å². The highest BCUT2D eigenvalue weighted by atomic mass is 32.2. The molecule has 2 heterocycles. The Labute approximate surface area is 176 Å². The van der Waals surface area contributed by atoms with Crippen molar-refractivity contribution in [2.24, 2.45) is 0 Å². The minimum atomic E-state index is -3.25. The number of para-hydroxylation sites is 1. The molecule has 4 rings (SSSR count). The molecule has 150 valence electrons. The second kappa shape index (κ2) is 8.47. The molecule has 0 unspecified atom stereocenters. The molecule has 0 aliphatic heterocycles. The average Bonchev–Trinajstić information content (AvgIpc) is 2.78. The molecule has 2 aromatic carbocycles. The number of aromatic nitrogens is 2. The molecular weight excluding hydrogens is 396 g/mol. The van der Waals surface area contributed by atoms with Crippen LogP contribution in [0.25, 0.3) is 11.1 Å². The van der Waals surface area contributed by atoms with E-state index in [0.29, 0.717) is 5.75 Å². The van der Waals surface area contributed by atoms with Gasteiger partial charge in [0, 0.05) is 47.7 Å². The summed E-state index contributed by atoms with van der Waals surface area (Å²) in [6.07, 6.45) is 7.82. The van der Waals surface area contributed by atoms with Gasteiger partial charge in [0.2, 0.25) is 0 Å². The lowest BCUT2D eigenvalue weighted by atomic mass is 10.0. The lowest BCUT2D eigenvalue weighted by molar-refractivity contribution is 0.247. The number of rotatable bonds is 6. The second-order valence-corrected chi connectivity index (χ2v) is 8.88. The molecule has 2 aromatic heterocycles. The predicted molar refractivity (Wildman–Crippen MR) is 116 cm³/mol. The van der Waals surface area contributed by atoms with Gasteiger partial charge in [0.25, 0.3) is 0 Å². The smallest absolute Gasteiger partial charge is 0.175 e. The Kier molecular flexibility index (Phi) is 5.59. The number of nitrogens with zero attached hydrogens (tertiary/aromatic N) is 2. The SMILES string of the molecule is CS(=O)(=O)c1ccc(-c2ccccc2OC(c2cccnc2)c2cccnc2)cc1. The van der Waals surface area contributed by atoms with Crippen LogP contribution in [0.3, 0.4) is 0 Å². The molecule has 0 N–H and O–H groups in total. The second-order valence-electron chi connectivity index (χ2n) is 6.86. The van der Waals surface area contributed by atoms with Gasteiger partial charge in [0.15, 0.2) is 15.9 Å². The summed E-state index contributed by atoms with van der Waals surface area (Å²) >= 11 is 0. The molecule has 0 saturated heterocycles.